The van der Waals surface area contributed by atoms with Crippen molar-refractivity contribution < 1.29 is 22.7 Å². The van der Waals surface area contributed by atoms with Crippen molar-refractivity contribution in [3.8, 4) is 0 Å². The molecule has 1 aromatic carbocycles. The number of aliphatic carboxylic acids is 1. The van der Waals surface area contributed by atoms with Crippen LogP contribution in [0.2, 0.25) is 5.02 Å². The standard InChI is InChI=1S/C13H14ClFO4S/c14-12-8(2-1-3-11(12)15)6-10(13(16)17)9-4-5-20(18,19)7-9/h1-3,9-10H,4-7H2,(H,16,17). The van der Waals surface area contributed by atoms with E-state index in [4.69, 9.17) is 11.6 Å². The van der Waals surface area contributed by atoms with Crippen molar-refractivity contribution in [3.63, 3.8) is 0 Å². The average Bonchev–Trinajstić information content (AvgIpc) is 2.71. The van der Waals surface area contributed by atoms with Crippen molar-refractivity contribution in [2.75, 3.05) is 11.5 Å². The Kier molecular flexibility index (Phi) is 4.34. The smallest absolute Gasteiger partial charge is 0.307 e. The zero-order valence-corrected chi connectivity index (χ0v) is 12.1. The lowest BCUT2D eigenvalue weighted by Gasteiger charge is -2.18. The lowest BCUT2D eigenvalue weighted by Crippen LogP contribution is -2.27. The zero-order valence-electron chi connectivity index (χ0n) is 10.6. The van der Waals surface area contributed by atoms with E-state index < -0.39 is 33.5 Å². The van der Waals surface area contributed by atoms with Crippen LogP contribution in [0.5, 0.6) is 0 Å². The minimum absolute atomic E-state index is 0.0122. The van der Waals surface area contributed by atoms with E-state index in [2.05, 4.69) is 0 Å². The number of carboxylic acids is 1. The van der Waals surface area contributed by atoms with E-state index in [1.807, 2.05) is 0 Å². The molecule has 2 rings (SSSR count). The van der Waals surface area contributed by atoms with Crippen LogP contribution >= 0.6 is 11.6 Å². The number of rotatable bonds is 4. The summed E-state index contributed by atoms with van der Waals surface area (Å²) in [5, 5.41) is 9.20. The van der Waals surface area contributed by atoms with Gasteiger partial charge in [0.15, 0.2) is 9.84 Å². The summed E-state index contributed by atoms with van der Waals surface area (Å²) in [6.07, 6.45) is 0.359. The Labute approximate surface area is 121 Å². The minimum atomic E-state index is -3.15. The van der Waals surface area contributed by atoms with Gasteiger partial charge in [-0.25, -0.2) is 12.8 Å². The van der Waals surface area contributed by atoms with Crippen LogP contribution in [0.15, 0.2) is 18.2 Å². The second kappa shape index (κ2) is 5.69. The molecule has 4 nitrogen and oxygen atoms in total. The molecule has 110 valence electrons. The molecule has 0 aliphatic carbocycles. The van der Waals surface area contributed by atoms with Gasteiger partial charge in [0.1, 0.15) is 5.82 Å². The average molecular weight is 321 g/mol. The molecule has 1 aliphatic heterocycles. The number of hydrogen-bond acceptors (Lipinski definition) is 3. The van der Waals surface area contributed by atoms with E-state index in [1.54, 1.807) is 6.07 Å². The van der Waals surface area contributed by atoms with Gasteiger partial charge in [0.2, 0.25) is 0 Å². The van der Waals surface area contributed by atoms with Crippen LogP contribution in [0.25, 0.3) is 0 Å². The summed E-state index contributed by atoms with van der Waals surface area (Å²) in [7, 11) is -3.15. The van der Waals surface area contributed by atoms with Crippen LogP contribution in [0.1, 0.15) is 12.0 Å². The highest BCUT2D eigenvalue weighted by atomic mass is 35.5. The maximum atomic E-state index is 13.4. The number of carboxylic acid groups (broad SMARTS) is 1. The fraction of sp³-hybridized carbons (Fsp3) is 0.462. The van der Waals surface area contributed by atoms with Gasteiger partial charge in [-0.3, -0.25) is 4.79 Å². The lowest BCUT2D eigenvalue weighted by atomic mass is 9.86. The van der Waals surface area contributed by atoms with Crippen molar-refractivity contribution in [1.29, 1.82) is 0 Å². The Morgan fingerprint density at radius 1 is 1.50 bits per heavy atom. The first-order chi connectivity index (χ1) is 9.30. The monoisotopic (exact) mass is 320 g/mol. The number of carbonyl (C=O) groups is 1. The molecule has 0 aromatic heterocycles. The highest BCUT2D eigenvalue weighted by Gasteiger charge is 2.37. The first kappa shape index (κ1) is 15.3. The SMILES string of the molecule is O=C(O)C(Cc1cccc(F)c1Cl)C1CCS(=O)(=O)C1. The van der Waals surface area contributed by atoms with Crippen LogP contribution in [0.3, 0.4) is 0 Å². The van der Waals surface area contributed by atoms with Crippen molar-refractivity contribution in [2.24, 2.45) is 11.8 Å². The molecule has 2 atom stereocenters. The molecule has 1 saturated heterocycles. The molecule has 20 heavy (non-hydrogen) atoms. The van der Waals surface area contributed by atoms with E-state index in [0.717, 1.165) is 0 Å². The van der Waals surface area contributed by atoms with E-state index in [9.17, 15) is 22.7 Å². The fourth-order valence-electron chi connectivity index (χ4n) is 2.54. The molecule has 0 radical (unpaired) electrons. The van der Waals surface area contributed by atoms with Gasteiger partial charge in [-0.15, -0.1) is 0 Å². The third-order valence-corrected chi connectivity index (χ3v) is 5.84. The summed E-state index contributed by atoms with van der Waals surface area (Å²) >= 11 is 5.82. The molecule has 1 N–H and O–H groups in total. The first-order valence-corrected chi connectivity index (χ1v) is 8.36. The lowest BCUT2D eigenvalue weighted by molar-refractivity contribution is -0.143. The second-order valence-corrected chi connectivity index (χ2v) is 7.63. The van der Waals surface area contributed by atoms with Gasteiger partial charge in [0, 0.05) is 0 Å². The van der Waals surface area contributed by atoms with Crippen LogP contribution in [0.4, 0.5) is 4.39 Å². The fourth-order valence-corrected chi connectivity index (χ4v) is 4.62. The van der Waals surface area contributed by atoms with E-state index >= 15 is 0 Å². The van der Waals surface area contributed by atoms with Crippen LogP contribution in [-0.4, -0.2) is 31.0 Å². The molecule has 0 bridgehead atoms. The number of benzene rings is 1. The molecule has 1 aromatic rings. The Balaban J connectivity index is 2.23. The summed E-state index contributed by atoms with van der Waals surface area (Å²) in [6.45, 7) is 0. The highest BCUT2D eigenvalue weighted by Crippen LogP contribution is 2.31. The molecule has 7 heteroatoms. The summed E-state index contributed by atoms with van der Waals surface area (Å²) < 4.78 is 36.3. The molecule has 2 unspecified atom stereocenters. The van der Waals surface area contributed by atoms with Crippen LogP contribution < -0.4 is 0 Å². The largest absolute Gasteiger partial charge is 0.481 e. The van der Waals surface area contributed by atoms with E-state index in [1.165, 1.54) is 12.1 Å². The summed E-state index contributed by atoms with van der Waals surface area (Å²) in [4.78, 5) is 11.4. The maximum Gasteiger partial charge on any atom is 0.307 e. The topological polar surface area (TPSA) is 71.4 Å². The molecule has 1 fully saturated rings. The van der Waals surface area contributed by atoms with Crippen LogP contribution in [0, 0.1) is 17.7 Å². The third kappa shape index (κ3) is 3.30. The highest BCUT2D eigenvalue weighted by molar-refractivity contribution is 7.91. The molecule has 1 heterocycles. The van der Waals surface area contributed by atoms with Gasteiger partial charge >= 0.3 is 5.97 Å². The van der Waals surface area contributed by atoms with Crippen LogP contribution in [-0.2, 0) is 21.1 Å². The Hall–Kier alpha value is -1.14. The van der Waals surface area contributed by atoms with Gasteiger partial charge in [-0.2, -0.15) is 0 Å². The first-order valence-electron chi connectivity index (χ1n) is 6.16. The molecular weight excluding hydrogens is 307 g/mol. The Morgan fingerprint density at radius 2 is 2.20 bits per heavy atom. The number of hydrogen-bond donors (Lipinski definition) is 1. The number of halogens is 2. The van der Waals surface area contributed by atoms with Crippen molar-refractivity contribution in [1.82, 2.24) is 0 Å². The van der Waals surface area contributed by atoms with Gasteiger partial charge < -0.3 is 5.11 Å². The maximum absolute atomic E-state index is 13.4. The second-order valence-electron chi connectivity index (χ2n) is 5.02. The molecular formula is C13H14ClFO4S. The van der Waals surface area contributed by atoms with E-state index in [0.29, 0.717) is 12.0 Å². The third-order valence-electron chi connectivity index (χ3n) is 3.63. The van der Waals surface area contributed by atoms with Gasteiger partial charge in [0.05, 0.1) is 22.4 Å². The molecule has 0 amide bonds. The molecule has 0 saturated carbocycles. The van der Waals surface area contributed by atoms with Gasteiger partial charge in [0.25, 0.3) is 0 Å². The zero-order chi connectivity index (χ0) is 14.9. The predicted octanol–water partition coefficient (Wildman–Crippen LogP) is 2.16. The van der Waals surface area contributed by atoms with Gasteiger partial charge in [-0.1, -0.05) is 23.7 Å². The Bertz CT molecular complexity index is 629. The predicted molar refractivity (Wildman–Crippen MR) is 73.0 cm³/mol. The molecule has 0 spiro atoms. The summed E-state index contributed by atoms with van der Waals surface area (Å²) in [6, 6.07) is 4.22. The van der Waals surface area contributed by atoms with Gasteiger partial charge in [-0.05, 0) is 30.4 Å². The molecule has 1 aliphatic rings. The van der Waals surface area contributed by atoms with E-state index in [-0.39, 0.29) is 22.9 Å². The quantitative estimate of drug-likeness (QED) is 0.922. The minimum Gasteiger partial charge on any atom is -0.481 e. The van der Waals surface area contributed by atoms with Crippen molar-refractivity contribution in [2.45, 2.75) is 12.8 Å². The van der Waals surface area contributed by atoms with Crippen molar-refractivity contribution in [3.05, 3.63) is 34.6 Å². The Morgan fingerprint density at radius 3 is 2.75 bits per heavy atom. The summed E-state index contributed by atoms with van der Waals surface area (Å²) in [5.41, 5.74) is 0.392. The summed E-state index contributed by atoms with van der Waals surface area (Å²) in [5.74, 6) is -3.11. The van der Waals surface area contributed by atoms with Crippen molar-refractivity contribution >= 4 is 27.4 Å². The normalized spacial score (nSPS) is 22.6. The number of sulfone groups is 1.